The van der Waals surface area contributed by atoms with Crippen molar-refractivity contribution in [1.29, 1.82) is 0 Å². The van der Waals surface area contributed by atoms with Crippen LogP contribution in [0.1, 0.15) is 13.3 Å². The van der Waals surface area contributed by atoms with Gasteiger partial charge in [0.1, 0.15) is 5.84 Å². The van der Waals surface area contributed by atoms with E-state index < -0.39 is 0 Å². The van der Waals surface area contributed by atoms with Crippen LogP contribution in [0.5, 0.6) is 0 Å². The molecular formula is C5H8N3O. The van der Waals surface area contributed by atoms with Crippen molar-refractivity contribution in [2.75, 3.05) is 6.61 Å². The van der Waals surface area contributed by atoms with Crippen molar-refractivity contribution in [3.63, 3.8) is 0 Å². The van der Waals surface area contributed by atoms with Gasteiger partial charge in [-0.2, -0.15) is 0 Å². The van der Waals surface area contributed by atoms with Gasteiger partial charge < -0.3 is 5.11 Å². The minimum atomic E-state index is 0.0884. The fraction of sp³-hybridized carbons (Fsp3) is 0.600. The molecule has 1 aliphatic heterocycles. The molecule has 0 atom stereocenters. The number of nitrogens with zero attached hydrogens (tertiary/aromatic N) is 3. The molecule has 9 heavy (non-hydrogen) atoms. The molecule has 0 aromatic carbocycles. The zero-order valence-corrected chi connectivity index (χ0v) is 5.20. The maximum absolute atomic E-state index is 8.42. The topological polar surface area (TPSA) is 59.1 Å². The normalized spacial score (nSPS) is 16.7. The van der Waals surface area contributed by atoms with Gasteiger partial charge in [0.05, 0.1) is 6.61 Å². The van der Waals surface area contributed by atoms with Gasteiger partial charge in [0.25, 0.3) is 0 Å². The molecule has 1 N–H and O–H groups in total. The van der Waals surface area contributed by atoms with Crippen LogP contribution in [-0.4, -0.2) is 23.4 Å². The van der Waals surface area contributed by atoms with E-state index in [4.69, 9.17) is 5.11 Å². The zero-order chi connectivity index (χ0) is 6.69. The molecule has 0 unspecified atom stereocenters. The largest absolute Gasteiger partial charge is 0.396 e. The molecule has 0 bridgehead atoms. The smallest absolute Gasteiger partial charge is 0.155 e. The minimum absolute atomic E-state index is 0.0884. The summed E-state index contributed by atoms with van der Waals surface area (Å²) in [5.41, 5.74) is 0. The van der Waals surface area contributed by atoms with Crippen LogP contribution in [0.25, 0.3) is 0 Å². The van der Waals surface area contributed by atoms with Crippen molar-refractivity contribution in [2.24, 2.45) is 10.2 Å². The predicted octanol–water partition coefficient (Wildman–Crippen LogP) is -0.281. The molecule has 0 saturated heterocycles. The second-order valence-electron chi connectivity index (χ2n) is 1.75. The summed E-state index contributed by atoms with van der Waals surface area (Å²) in [6.45, 7) is 1.86. The third-order valence-corrected chi connectivity index (χ3v) is 0.936. The van der Waals surface area contributed by atoms with Crippen molar-refractivity contribution in [3.05, 3.63) is 0 Å². The third-order valence-electron chi connectivity index (χ3n) is 0.936. The van der Waals surface area contributed by atoms with E-state index in [2.05, 4.69) is 15.5 Å². The Morgan fingerprint density at radius 2 is 2.22 bits per heavy atom. The summed E-state index contributed by atoms with van der Waals surface area (Å²) in [6, 6.07) is 0. The number of hydrogen-bond donors (Lipinski definition) is 1. The average Bonchev–Trinajstić information content (AvgIpc) is 2.17. The van der Waals surface area contributed by atoms with Crippen LogP contribution in [0, 0.1) is 0 Å². The molecule has 0 aromatic rings. The Bertz CT molecular complexity index is 162. The quantitative estimate of drug-likeness (QED) is 0.543. The second-order valence-corrected chi connectivity index (χ2v) is 1.75. The summed E-state index contributed by atoms with van der Waals surface area (Å²) >= 11 is 0. The standard InChI is InChI=1S/C5H8N3O/c1-4-6-5(2-3-9)8-7-4/h9H,2-3H2,1H3. The third kappa shape index (κ3) is 1.50. The van der Waals surface area contributed by atoms with Crippen LogP contribution in [0.3, 0.4) is 0 Å². The van der Waals surface area contributed by atoms with Gasteiger partial charge in [-0.05, 0) is 6.92 Å². The molecule has 0 aromatic heterocycles. The van der Waals surface area contributed by atoms with Crippen molar-refractivity contribution in [1.82, 2.24) is 5.32 Å². The lowest BCUT2D eigenvalue weighted by Crippen LogP contribution is -2.16. The van der Waals surface area contributed by atoms with Crippen LogP contribution in [-0.2, 0) is 0 Å². The summed E-state index contributed by atoms with van der Waals surface area (Å²) in [7, 11) is 0. The number of hydrogen-bond acceptors (Lipinski definition) is 3. The molecule has 49 valence electrons. The molecule has 1 radical (unpaired) electrons. The summed E-state index contributed by atoms with van der Waals surface area (Å²) in [5, 5.41) is 19.7. The number of rotatable bonds is 2. The summed E-state index contributed by atoms with van der Waals surface area (Å²) in [6.07, 6.45) is 0.501. The molecular weight excluding hydrogens is 118 g/mol. The van der Waals surface area contributed by atoms with Gasteiger partial charge in [-0.15, -0.1) is 10.2 Å². The SMILES string of the molecule is CC1=NN=C(CCO)[N]1. The van der Waals surface area contributed by atoms with Crippen LogP contribution < -0.4 is 5.32 Å². The first-order chi connectivity index (χ1) is 4.33. The molecule has 4 heteroatoms. The molecule has 0 amide bonds. The van der Waals surface area contributed by atoms with Gasteiger partial charge in [0.2, 0.25) is 0 Å². The average molecular weight is 126 g/mol. The summed E-state index contributed by atoms with van der Waals surface area (Å²) < 4.78 is 0. The lowest BCUT2D eigenvalue weighted by Gasteiger charge is -1.92. The van der Waals surface area contributed by atoms with Crippen molar-refractivity contribution >= 4 is 11.7 Å². The second kappa shape index (κ2) is 2.59. The van der Waals surface area contributed by atoms with E-state index in [1.54, 1.807) is 6.92 Å². The van der Waals surface area contributed by atoms with E-state index in [1.165, 1.54) is 0 Å². The highest BCUT2D eigenvalue weighted by Gasteiger charge is 2.07. The molecule has 0 spiro atoms. The fourth-order valence-electron chi connectivity index (χ4n) is 0.567. The number of aliphatic hydroxyl groups excluding tert-OH is 1. The fourth-order valence-corrected chi connectivity index (χ4v) is 0.567. The van der Waals surface area contributed by atoms with Crippen molar-refractivity contribution in [3.8, 4) is 0 Å². The van der Waals surface area contributed by atoms with Gasteiger partial charge in [0.15, 0.2) is 5.84 Å². The first-order valence-corrected chi connectivity index (χ1v) is 2.76. The van der Waals surface area contributed by atoms with Gasteiger partial charge in [0, 0.05) is 6.42 Å². The van der Waals surface area contributed by atoms with Gasteiger partial charge in [-0.25, -0.2) is 5.32 Å². The Hall–Kier alpha value is -0.900. The summed E-state index contributed by atoms with van der Waals surface area (Å²) in [4.78, 5) is 0. The molecule has 0 saturated carbocycles. The zero-order valence-electron chi connectivity index (χ0n) is 5.20. The van der Waals surface area contributed by atoms with Crippen LogP contribution in [0.15, 0.2) is 10.2 Å². The van der Waals surface area contributed by atoms with E-state index in [0.29, 0.717) is 18.1 Å². The van der Waals surface area contributed by atoms with E-state index in [1.807, 2.05) is 0 Å². The Labute approximate surface area is 53.3 Å². The predicted molar refractivity (Wildman–Crippen MR) is 34.4 cm³/mol. The van der Waals surface area contributed by atoms with Crippen LogP contribution in [0.4, 0.5) is 0 Å². The highest BCUT2D eigenvalue weighted by atomic mass is 16.3. The molecule has 1 heterocycles. The molecule has 0 aliphatic carbocycles. The number of amidine groups is 2. The highest BCUT2D eigenvalue weighted by Crippen LogP contribution is 1.94. The van der Waals surface area contributed by atoms with E-state index in [9.17, 15) is 0 Å². The van der Waals surface area contributed by atoms with E-state index >= 15 is 0 Å². The first kappa shape index (κ1) is 6.22. The molecule has 0 fully saturated rings. The lowest BCUT2D eigenvalue weighted by molar-refractivity contribution is 0.306. The van der Waals surface area contributed by atoms with Crippen LogP contribution in [0.2, 0.25) is 0 Å². The maximum atomic E-state index is 8.42. The van der Waals surface area contributed by atoms with Gasteiger partial charge in [-0.1, -0.05) is 0 Å². The molecule has 1 aliphatic rings. The first-order valence-electron chi connectivity index (χ1n) is 2.76. The lowest BCUT2D eigenvalue weighted by atomic mass is 10.4. The minimum Gasteiger partial charge on any atom is -0.396 e. The Kier molecular flexibility index (Phi) is 1.79. The van der Waals surface area contributed by atoms with Gasteiger partial charge >= 0.3 is 0 Å². The Balaban J connectivity index is 2.35. The Morgan fingerprint density at radius 1 is 1.44 bits per heavy atom. The number of aliphatic hydroxyl groups is 1. The van der Waals surface area contributed by atoms with Gasteiger partial charge in [-0.3, -0.25) is 0 Å². The van der Waals surface area contributed by atoms with E-state index in [-0.39, 0.29) is 6.61 Å². The van der Waals surface area contributed by atoms with Crippen molar-refractivity contribution in [2.45, 2.75) is 13.3 Å². The van der Waals surface area contributed by atoms with E-state index in [0.717, 1.165) is 0 Å². The maximum Gasteiger partial charge on any atom is 0.155 e. The monoisotopic (exact) mass is 126 g/mol. The molecule has 1 rings (SSSR count). The Morgan fingerprint density at radius 3 is 2.67 bits per heavy atom. The van der Waals surface area contributed by atoms with Crippen LogP contribution >= 0.6 is 0 Å². The summed E-state index contributed by atoms with van der Waals surface area (Å²) in [5.74, 6) is 1.29. The molecule has 4 nitrogen and oxygen atoms in total. The highest BCUT2D eigenvalue weighted by molar-refractivity contribution is 6.02. The van der Waals surface area contributed by atoms with Crippen molar-refractivity contribution < 1.29 is 5.11 Å².